The molecule has 2 rings (SSSR count). The van der Waals surface area contributed by atoms with Crippen molar-refractivity contribution in [2.75, 3.05) is 0 Å². The molecule has 0 unspecified atom stereocenters. The lowest BCUT2D eigenvalue weighted by atomic mass is 10.3. The molecular weight excluding hydrogens is 248 g/mol. The lowest BCUT2D eigenvalue weighted by Gasteiger charge is -1.95. The highest BCUT2D eigenvalue weighted by Crippen LogP contribution is 2.29. The van der Waals surface area contributed by atoms with Gasteiger partial charge in [-0.2, -0.15) is 0 Å². The molecule has 0 N–H and O–H groups in total. The Hall–Kier alpha value is -0.550. The Bertz CT molecular complexity index is 440. The molecule has 1 nitrogen and oxygen atoms in total. The third-order valence-corrected chi connectivity index (χ3v) is 2.88. The van der Waals surface area contributed by atoms with Crippen LogP contribution < -0.4 is 0 Å². The van der Waals surface area contributed by atoms with Gasteiger partial charge >= 0.3 is 0 Å². The second kappa shape index (κ2) is 2.74. The van der Waals surface area contributed by atoms with Crippen molar-refractivity contribution in [1.29, 1.82) is 0 Å². The number of halogens is 3. The fraction of sp³-hybridized carbons (Fsp3) is 0. The second-order valence-corrected chi connectivity index (χ2v) is 3.89. The first kappa shape index (κ1) is 8.07. The van der Waals surface area contributed by atoms with Crippen molar-refractivity contribution in [2.24, 2.45) is 0 Å². The Morgan fingerprint density at radius 3 is 2.92 bits per heavy atom. The van der Waals surface area contributed by atoms with Crippen LogP contribution in [0.1, 0.15) is 0 Å². The summed E-state index contributed by atoms with van der Waals surface area (Å²) in [5.74, 6) is -1.67. The molecule has 0 atom stereocenters. The molecule has 1 aromatic carbocycles. The van der Waals surface area contributed by atoms with Crippen molar-refractivity contribution in [2.45, 2.75) is 0 Å². The van der Waals surface area contributed by atoms with E-state index in [1.165, 1.54) is 5.51 Å². The van der Waals surface area contributed by atoms with Crippen LogP contribution in [0.2, 0.25) is 0 Å². The Morgan fingerprint density at radius 2 is 2.17 bits per heavy atom. The maximum absolute atomic E-state index is 13.0. The molecule has 0 aliphatic rings. The Labute approximate surface area is 79.2 Å². The predicted octanol–water partition coefficient (Wildman–Crippen LogP) is 3.34. The number of aromatic nitrogens is 1. The fourth-order valence-electron chi connectivity index (χ4n) is 0.923. The van der Waals surface area contributed by atoms with E-state index in [0.717, 1.165) is 17.4 Å². The van der Waals surface area contributed by atoms with Gasteiger partial charge < -0.3 is 0 Å². The van der Waals surface area contributed by atoms with Crippen molar-refractivity contribution in [3.05, 3.63) is 27.7 Å². The quantitative estimate of drug-likeness (QED) is 0.653. The summed E-state index contributed by atoms with van der Waals surface area (Å²) in [7, 11) is 0. The van der Waals surface area contributed by atoms with Gasteiger partial charge in [-0.1, -0.05) is 0 Å². The lowest BCUT2D eigenvalue weighted by Crippen LogP contribution is -1.84. The van der Waals surface area contributed by atoms with Gasteiger partial charge in [0.15, 0.2) is 11.6 Å². The van der Waals surface area contributed by atoms with E-state index < -0.39 is 11.6 Å². The average Bonchev–Trinajstić information content (AvgIpc) is 2.48. The summed E-state index contributed by atoms with van der Waals surface area (Å²) in [5, 5.41) is 0. The fourth-order valence-corrected chi connectivity index (χ4v) is 2.30. The van der Waals surface area contributed by atoms with E-state index in [1.54, 1.807) is 0 Å². The molecule has 0 radical (unpaired) electrons. The largest absolute Gasteiger partial charge is 0.243 e. The summed E-state index contributed by atoms with van der Waals surface area (Å²) in [5.41, 5.74) is 1.96. The molecule has 0 bridgehead atoms. The van der Waals surface area contributed by atoms with Crippen LogP contribution >= 0.6 is 27.3 Å². The van der Waals surface area contributed by atoms with Gasteiger partial charge in [-0.05, 0) is 22.0 Å². The zero-order chi connectivity index (χ0) is 8.72. The molecule has 0 aliphatic carbocycles. The normalized spacial score (nSPS) is 10.9. The Kier molecular flexibility index (Phi) is 1.84. The van der Waals surface area contributed by atoms with Crippen molar-refractivity contribution in [3.63, 3.8) is 0 Å². The summed E-state index contributed by atoms with van der Waals surface area (Å²) in [6.07, 6.45) is 0. The van der Waals surface area contributed by atoms with E-state index in [4.69, 9.17) is 0 Å². The van der Waals surface area contributed by atoms with Crippen LogP contribution in [0.15, 0.2) is 16.0 Å². The third-order valence-electron chi connectivity index (χ3n) is 1.46. The second-order valence-electron chi connectivity index (χ2n) is 2.18. The van der Waals surface area contributed by atoms with Gasteiger partial charge in [-0.3, -0.25) is 0 Å². The van der Waals surface area contributed by atoms with Crippen molar-refractivity contribution < 1.29 is 8.78 Å². The molecule has 62 valence electrons. The molecule has 0 aliphatic heterocycles. The van der Waals surface area contributed by atoms with Crippen molar-refractivity contribution in [1.82, 2.24) is 4.98 Å². The van der Waals surface area contributed by atoms with Gasteiger partial charge in [0.1, 0.15) is 0 Å². The van der Waals surface area contributed by atoms with E-state index in [0.29, 0.717) is 9.99 Å². The SMILES string of the molecule is Fc1cc(Br)c2ncsc2c1F. The number of fused-ring (bicyclic) bond motifs is 1. The smallest absolute Gasteiger partial charge is 0.178 e. The molecule has 12 heavy (non-hydrogen) atoms. The van der Waals surface area contributed by atoms with E-state index >= 15 is 0 Å². The third kappa shape index (κ3) is 1.04. The lowest BCUT2D eigenvalue weighted by molar-refractivity contribution is 0.517. The minimum Gasteiger partial charge on any atom is -0.243 e. The average molecular weight is 250 g/mol. The zero-order valence-electron chi connectivity index (χ0n) is 5.64. The van der Waals surface area contributed by atoms with Crippen LogP contribution in [0.3, 0.4) is 0 Å². The number of hydrogen-bond donors (Lipinski definition) is 0. The van der Waals surface area contributed by atoms with Gasteiger partial charge in [0.2, 0.25) is 0 Å². The van der Waals surface area contributed by atoms with Gasteiger partial charge in [0.25, 0.3) is 0 Å². The van der Waals surface area contributed by atoms with Crippen LogP contribution in [-0.2, 0) is 0 Å². The maximum Gasteiger partial charge on any atom is 0.178 e. The molecule has 0 saturated heterocycles. The predicted molar refractivity (Wildman–Crippen MR) is 47.2 cm³/mol. The molecule has 5 heteroatoms. The first-order chi connectivity index (χ1) is 5.70. The van der Waals surface area contributed by atoms with E-state index in [1.807, 2.05) is 0 Å². The monoisotopic (exact) mass is 249 g/mol. The highest BCUT2D eigenvalue weighted by atomic mass is 79.9. The van der Waals surface area contributed by atoms with Crippen LogP contribution in [0, 0.1) is 11.6 Å². The van der Waals surface area contributed by atoms with Crippen LogP contribution in [0.5, 0.6) is 0 Å². The first-order valence-electron chi connectivity index (χ1n) is 3.07. The summed E-state index contributed by atoms with van der Waals surface area (Å²) in [6.45, 7) is 0. The number of benzene rings is 1. The Balaban J connectivity index is 2.97. The van der Waals surface area contributed by atoms with Gasteiger partial charge in [-0.15, -0.1) is 11.3 Å². The Morgan fingerprint density at radius 1 is 1.42 bits per heavy atom. The van der Waals surface area contributed by atoms with E-state index in [-0.39, 0.29) is 4.70 Å². The molecule has 0 spiro atoms. The number of hydrogen-bond acceptors (Lipinski definition) is 2. The van der Waals surface area contributed by atoms with Crippen molar-refractivity contribution in [3.8, 4) is 0 Å². The molecule has 1 heterocycles. The minimum absolute atomic E-state index is 0.252. The van der Waals surface area contributed by atoms with Crippen LogP contribution in [-0.4, -0.2) is 4.98 Å². The summed E-state index contributed by atoms with van der Waals surface area (Å²) in [4.78, 5) is 3.89. The molecule has 0 saturated carbocycles. The molecule has 1 aromatic heterocycles. The number of nitrogens with zero attached hydrogens (tertiary/aromatic N) is 1. The maximum atomic E-state index is 13.0. The minimum atomic E-state index is -0.848. The molecular formula is C7H2BrF2NS. The van der Waals surface area contributed by atoms with Gasteiger partial charge in [0.05, 0.1) is 15.7 Å². The number of rotatable bonds is 0. The van der Waals surface area contributed by atoms with E-state index in [2.05, 4.69) is 20.9 Å². The van der Waals surface area contributed by atoms with Gasteiger partial charge in [-0.25, -0.2) is 13.8 Å². The summed E-state index contributed by atoms with van der Waals surface area (Å²) in [6, 6.07) is 1.08. The standard InChI is InChI=1S/C7H2BrF2NS/c8-3-1-4(9)5(10)7-6(3)11-2-12-7/h1-2H. The molecule has 0 fully saturated rings. The van der Waals surface area contributed by atoms with Gasteiger partial charge in [0, 0.05) is 4.47 Å². The number of thiazole rings is 1. The van der Waals surface area contributed by atoms with Crippen molar-refractivity contribution >= 4 is 37.5 Å². The summed E-state index contributed by atoms with van der Waals surface area (Å²) >= 11 is 4.18. The highest BCUT2D eigenvalue weighted by Gasteiger charge is 2.12. The van der Waals surface area contributed by atoms with E-state index in [9.17, 15) is 8.78 Å². The van der Waals surface area contributed by atoms with Crippen LogP contribution in [0.4, 0.5) is 8.78 Å². The zero-order valence-corrected chi connectivity index (χ0v) is 8.05. The molecule has 0 amide bonds. The summed E-state index contributed by atoms with van der Waals surface area (Å²) < 4.78 is 26.5. The topological polar surface area (TPSA) is 12.9 Å². The first-order valence-corrected chi connectivity index (χ1v) is 4.74. The van der Waals surface area contributed by atoms with Crippen LogP contribution in [0.25, 0.3) is 10.2 Å². The highest BCUT2D eigenvalue weighted by molar-refractivity contribution is 9.10. The molecule has 2 aromatic rings.